The molecule has 0 aromatic heterocycles. The Kier molecular flexibility index (Phi) is 5.25. The van der Waals surface area contributed by atoms with Gasteiger partial charge in [-0.05, 0) is 31.8 Å². The van der Waals surface area contributed by atoms with E-state index in [1.165, 1.54) is 7.11 Å². The van der Waals surface area contributed by atoms with Gasteiger partial charge in [0, 0.05) is 6.54 Å². The topological polar surface area (TPSA) is 58.6 Å². The van der Waals surface area contributed by atoms with E-state index in [9.17, 15) is 9.59 Å². The van der Waals surface area contributed by atoms with Gasteiger partial charge in [0.05, 0.1) is 13.2 Å². The summed E-state index contributed by atoms with van der Waals surface area (Å²) in [4.78, 5) is 24.2. The van der Waals surface area contributed by atoms with Crippen molar-refractivity contribution in [3.8, 4) is 0 Å². The molecular weight excluding hydrogens is 208 g/mol. The van der Waals surface area contributed by atoms with Crippen molar-refractivity contribution in [1.29, 1.82) is 0 Å². The van der Waals surface area contributed by atoms with E-state index in [2.05, 4.69) is 15.0 Å². The molecule has 0 spiro atoms. The molecule has 1 amide bonds. The first kappa shape index (κ1) is 13.0. The maximum Gasteiger partial charge on any atom is 0.406 e. The van der Waals surface area contributed by atoms with Crippen LogP contribution in [0.25, 0.3) is 0 Å². The van der Waals surface area contributed by atoms with E-state index in [-0.39, 0.29) is 12.0 Å². The highest BCUT2D eigenvalue weighted by molar-refractivity contribution is 5.67. The van der Waals surface area contributed by atoms with Crippen molar-refractivity contribution in [2.45, 2.75) is 25.8 Å². The monoisotopic (exact) mass is 228 g/mol. The van der Waals surface area contributed by atoms with Crippen LogP contribution in [0, 0.1) is 5.92 Å². The molecule has 1 saturated heterocycles. The molecule has 5 nitrogen and oxygen atoms in total. The highest BCUT2D eigenvalue weighted by Crippen LogP contribution is 2.16. The number of alkyl carbamates (subject to hydrolysis) is 1. The number of carbonyl (C=O) groups is 2. The Morgan fingerprint density at radius 1 is 1.50 bits per heavy atom. The molecule has 16 heavy (non-hydrogen) atoms. The second-order valence-electron chi connectivity index (χ2n) is 4.22. The fraction of sp³-hybridized carbons (Fsp3) is 0.818. The SMILES string of the molecule is COC(=O)NCC(C)C(C=O)N1CCCC1. The van der Waals surface area contributed by atoms with Crippen LogP contribution in [0.4, 0.5) is 4.79 Å². The lowest BCUT2D eigenvalue weighted by atomic mass is 10.0. The quantitative estimate of drug-likeness (QED) is 0.702. The number of nitrogens with zero attached hydrogens (tertiary/aromatic N) is 1. The van der Waals surface area contributed by atoms with Crippen LogP contribution >= 0.6 is 0 Å². The number of carbonyl (C=O) groups excluding carboxylic acids is 2. The van der Waals surface area contributed by atoms with Crippen LogP contribution in [0.5, 0.6) is 0 Å². The molecule has 1 aliphatic rings. The summed E-state index contributed by atoms with van der Waals surface area (Å²) in [5, 5.41) is 2.62. The number of hydrogen-bond donors (Lipinski definition) is 1. The molecule has 0 saturated carbocycles. The maximum absolute atomic E-state index is 11.1. The van der Waals surface area contributed by atoms with Gasteiger partial charge < -0.3 is 14.8 Å². The van der Waals surface area contributed by atoms with E-state index in [0.29, 0.717) is 6.54 Å². The lowest BCUT2D eigenvalue weighted by molar-refractivity contribution is -0.113. The zero-order valence-corrected chi connectivity index (χ0v) is 9.94. The minimum atomic E-state index is -0.446. The Hall–Kier alpha value is -1.10. The third kappa shape index (κ3) is 3.48. The largest absolute Gasteiger partial charge is 0.453 e. The predicted octanol–water partition coefficient (Wildman–Crippen LogP) is 0.642. The lowest BCUT2D eigenvalue weighted by Gasteiger charge is -2.27. The Bertz CT molecular complexity index is 239. The van der Waals surface area contributed by atoms with E-state index in [4.69, 9.17) is 0 Å². The average Bonchev–Trinajstić information content (AvgIpc) is 2.80. The van der Waals surface area contributed by atoms with Gasteiger partial charge >= 0.3 is 6.09 Å². The van der Waals surface area contributed by atoms with Crippen LogP contribution in [0.2, 0.25) is 0 Å². The van der Waals surface area contributed by atoms with Gasteiger partial charge in [0.1, 0.15) is 6.29 Å². The first-order chi connectivity index (χ1) is 7.69. The van der Waals surface area contributed by atoms with Gasteiger partial charge in [-0.25, -0.2) is 4.79 Å². The summed E-state index contributed by atoms with van der Waals surface area (Å²) in [6.45, 7) is 4.39. The molecule has 1 fully saturated rings. The second-order valence-corrected chi connectivity index (χ2v) is 4.22. The number of ether oxygens (including phenoxy) is 1. The van der Waals surface area contributed by atoms with Gasteiger partial charge in [-0.3, -0.25) is 4.90 Å². The zero-order valence-electron chi connectivity index (χ0n) is 9.94. The third-order valence-electron chi connectivity index (χ3n) is 3.04. The molecule has 5 heteroatoms. The Balaban J connectivity index is 2.39. The summed E-state index contributed by atoms with van der Waals surface area (Å²) in [5.74, 6) is 0.106. The smallest absolute Gasteiger partial charge is 0.406 e. The number of hydrogen-bond acceptors (Lipinski definition) is 4. The fourth-order valence-corrected chi connectivity index (χ4v) is 2.06. The van der Waals surface area contributed by atoms with Gasteiger partial charge in [-0.2, -0.15) is 0 Å². The minimum Gasteiger partial charge on any atom is -0.453 e. The van der Waals surface area contributed by atoms with Crippen LogP contribution in [0.1, 0.15) is 19.8 Å². The molecule has 0 aromatic carbocycles. The van der Waals surface area contributed by atoms with E-state index < -0.39 is 6.09 Å². The highest BCUT2D eigenvalue weighted by Gasteiger charge is 2.26. The second kappa shape index (κ2) is 6.48. The minimum absolute atomic E-state index is 0.0975. The number of nitrogens with one attached hydrogen (secondary N) is 1. The van der Waals surface area contributed by atoms with Crippen molar-refractivity contribution in [3.63, 3.8) is 0 Å². The maximum atomic E-state index is 11.1. The van der Waals surface area contributed by atoms with Crippen molar-refractivity contribution in [2.24, 2.45) is 5.92 Å². The average molecular weight is 228 g/mol. The molecule has 92 valence electrons. The van der Waals surface area contributed by atoms with E-state index in [1.807, 2.05) is 6.92 Å². The van der Waals surface area contributed by atoms with Crippen LogP contribution in [-0.2, 0) is 9.53 Å². The molecule has 1 heterocycles. The van der Waals surface area contributed by atoms with E-state index in [0.717, 1.165) is 32.2 Å². The van der Waals surface area contributed by atoms with Gasteiger partial charge in [-0.1, -0.05) is 6.92 Å². The van der Waals surface area contributed by atoms with Gasteiger partial charge in [-0.15, -0.1) is 0 Å². The summed E-state index contributed by atoms with van der Waals surface area (Å²) >= 11 is 0. The van der Waals surface area contributed by atoms with Crippen molar-refractivity contribution in [3.05, 3.63) is 0 Å². The van der Waals surface area contributed by atoms with Gasteiger partial charge in [0.25, 0.3) is 0 Å². The molecule has 1 N–H and O–H groups in total. The predicted molar refractivity (Wildman–Crippen MR) is 60.2 cm³/mol. The van der Waals surface area contributed by atoms with Gasteiger partial charge in [0.2, 0.25) is 0 Å². The van der Waals surface area contributed by atoms with Crippen molar-refractivity contribution in [2.75, 3.05) is 26.7 Å². The Morgan fingerprint density at radius 2 is 2.12 bits per heavy atom. The molecule has 0 bridgehead atoms. The number of amides is 1. The zero-order chi connectivity index (χ0) is 12.0. The Morgan fingerprint density at radius 3 is 2.62 bits per heavy atom. The number of likely N-dealkylation sites (tertiary alicyclic amines) is 1. The highest BCUT2D eigenvalue weighted by atomic mass is 16.5. The molecule has 2 unspecified atom stereocenters. The van der Waals surface area contributed by atoms with E-state index >= 15 is 0 Å². The molecule has 1 rings (SSSR count). The van der Waals surface area contributed by atoms with Crippen molar-refractivity contribution >= 4 is 12.4 Å². The molecule has 0 radical (unpaired) electrons. The molecule has 2 atom stereocenters. The van der Waals surface area contributed by atoms with Crippen LogP contribution in [0.15, 0.2) is 0 Å². The van der Waals surface area contributed by atoms with Gasteiger partial charge in [0.15, 0.2) is 0 Å². The molecule has 0 aliphatic carbocycles. The summed E-state index contributed by atoms with van der Waals surface area (Å²) in [6.07, 6.45) is 2.84. The molecule has 1 aliphatic heterocycles. The molecular formula is C11H20N2O3. The number of aldehydes is 1. The fourth-order valence-electron chi connectivity index (χ4n) is 2.06. The lowest BCUT2D eigenvalue weighted by Crippen LogP contribution is -2.43. The summed E-state index contributed by atoms with van der Waals surface area (Å²) in [6, 6.07) is -0.0975. The van der Waals surface area contributed by atoms with Crippen LogP contribution in [-0.4, -0.2) is 50.1 Å². The normalized spacial score (nSPS) is 20.1. The summed E-state index contributed by atoms with van der Waals surface area (Å²) in [7, 11) is 1.33. The van der Waals surface area contributed by atoms with Crippen molar-refractivity contribution in [1.82, 2.24) is 10.2 Å². The van der Waals surface area contributed by atoms with Crippen LogP contribution < -0.4 is 5.32 Å². The third-order valence-corrected chi connectivity index (χ3v) is 3.04. The Labute approximate surface area is 96.1 Å². The number of rotatable bonds is 5. The van der Waals surface area contributed by atoms with E-state index in [1.54, 1.807) is 0 Å². The standard InChI is InChI=1S/C11H20N2O3/c1-9(7-12-11(15)16-2)10(8-14)13-5-3-4-6-13/h8-10H,3-7H2,1-2H3,(H,12,15). The summed E-state index contributed by atoms with van der Waals surface area (Å²) in [5.41, 5.74) is 0. The first-order valence-corrected chi connectivity index (χ1v) is 5.70. The summed E-state index contributed by atoms with van der Waals surface area (Å²) < 4.78 is 4.49. The van der Waals surface area contributed by atoms with Crippen molar-refractivity contribution < 1.29 is 14.3 Å². The number of methoxy groups -OCH3 is 1. The first-order valence-electron chi connectivity index (χ1n) is 5.70. The molecule has 0 aromatic rings. The van der Waals surface area contributed by atoms with Crippen LogP contribution in [0.3, 0.4) is 0 Å².